The molecule has 3 rings (SSSR count). The van der Waals surface area contributed by atoms with E-state index in [0.29, 0.717) is 30.3 Å². The van der Waals surface area contributed by atoms with Gasteiger partial charge in [-0.25, -0.2) is 4.98 Å². The van der Waals surface area contributed by atoms with Gasteiger partial charge in [0.15, 0.2) is 11.5 Å². The van der Waals surface area contributed by atoms with Crippen LogP contribution in [0.25, 0.3) is 0 Å². The monoisotopic (exact) mass is 318 g/mol. The molecule has 0 fully saturated rings. The quantitative estimate of drug-likeness (QED) is 0.941. The van der Waals surface area contributed by atoms with Crippen molar-refractivity contribution in [3.05, 3.63) is 40.3 Å². The number of thiazole rings is 1. The largest absolute Gasteiger partial charge is 0.486 e. The first-order valence-corrected chi connectivity index (χ1v) is 8.13. The second-order valence-electron chi connectivity index (χ2n) is 5.31. The van der Waals surface area contributed by atoms with E-state index in [1.54, 1.807) is 18.3 Å². The van der Waals surface area contributed by atoms with Gasteiger partial charge in [0, 0.05) is 11.6 Å². The Morgan fingerprint density at radius 3 is 2.95 bits per heavy atom. The number of aromatic nitrogens is 1. The Bertz CT molecular complexity index is 672. The van der Waals surface area contributed by atoms with Crippen LogP contribution in [0.3, 0.4) is 0 Å². The Morgan fingerprint density at radius 1 is 1.41 bits per heavy atom. The smallest absolute Gasteiger partial charge is 0.255 e. The standard InChI is InChI=1S/C16H18N2O3S/c1-3-16(2,15-17-7-10-22-15)18-14(19)11-5-4-6-12-13(11)21-9-8-20-12/h4-7,10H,3,8-9H2,1-2H3,(H,18,19)/t16-/m0/s1. The molecule has 0 radical (unpaired) electrons. The van der Waals surface area contributed by atoms with Crippen LogP contribution in [-0.4, -0.2) is 24.1 Å². The summed E-state index contributed by atoms with van der Waals surface area (Å²) in [6.07, 6.45) is 2.50. The van der Waals surface area contributed by atoms with Crippen molar-refractivity contribution in [1.82, 2.24) is 10.3 Å². The third-order valence-electron chi connectivity index (χ3n) is 3.81. The molecule has 0 saturated heterocycles. The van der Waals surface area contributed by atoms with E-state index in [1.807, 2.05) is 25.3 Å². The van der Waals surface area contributed by atoms with E-state index < -0.39 is 5.54 Å². The van der Waals surface area contributed by atoms with Crippen LogP contribution in [0.15, 0.2) is 29.8 Å². The predicted octanol–water partition coefficient (Wildman–Crippen LogP) is 2.97. The molecular weight excluding hydrogens is 300 g/mol. The Hall–Kier alpha value is -2.08. The molecule has 2 heterocycles. The fourth-order valence-corrected chi connectivity index (χ4v) is 3.19. The minimum atomic E-state index is -0.497. The molecule has 0 saturated carbocycles. The fourth-order valence-electron chi connectivity index (χ4n) is 2.36. The number of benzene rings is 1. The number of carbonyl (C=O) groups is 1. The third-order valence-corrected chi connectivity index (χ3v) is 4.85. The molecule has 1 atom stereocenters. The molecule has 116 valence electrons. The highest BCUT2D eigenvalue weighted by Gasteiger charge is 2.31. The summed E-state index contributed by atoms with van der Waals surface area (Å²) in [5.41, 5.74) is -0.00261. The van der Waals surface area contributed by atoms with Crippen molar-refractivity contribution in [2.24, 2.45) is 0 Å². The molecule has 22 heavy (non-hydrogen) atoms. The first-order valence-electron chi connectivity index (χ1n) is 7.25. The van der Waals surface area contributed by atoms with E-state index in [0.717, 1.165) is 11.4 Å². The van der Waals surface area contributed by atoms with Crippen molar-refractivity contribution in [1.29, 1.82) is 0 Å². The molecule has 1 aromatic carbocycles. The Balaban J connectivity index is 1.89. The number of rotatable bonds is 4. The van der Waals surface area contributed by atoms with Crippen LogP contribution in [0.1, 0.15) is 35.6 Å². The number of nitrogens with zero attached hydrogens (tertiary/aromatic N) is 1. The van der Waals surface area contributed by atoms with Crippen molar-refractivity contribution >= 4 is 17.2 Å². The molecule has 1 aromatic heterocycles. The molecule has 1 amide bonds. The summed E-state index contributed by atoms with van der Waals surface area (Å²) in [4.78, 5) is 17.1. The van der Waals surface area contributed by atoms with Gasteiger partial charge >= 0.3 is 0 Å². The fraction of sp³-hybridized carbons (Fsp3) is 0.375. The Morgan fingerprint density at radius 2 is 2.23 bits per heavy atom. The highest BCUT2D eigenvalue weighted by Crippen LogP contribution is 2.34. The van der Waals surface area contributed by atoms with Gasteiger partial charge < -0.3 is 14.8 Å². The summed E-state index contributed by atoms with van der Waals surface area (Å²) in [6, 6.07) is 5.36. The van der Waals surface area contributed by atoms with Crippen molar-refractivity contribution in [3.8, 4) is 11.5 Å². The average Bonchev–Trinajstić information content (AvgIpc) is 3.09. The van der Waals surface area contributed by atoms with E-state index >= 15 is 0 Å². The molecule has 6 heteroatoms. The topological polar surface area (TPSA) is 60.5 Å². The molecule has 5 nitrogen and oxygen atoms in total. The van der Waals surface area contributed by atoms with E-state index in [2.05, 4.69) is 10.3 Å². The highest BCUT2D eigenvalue weighted by atomic mass is 32.1. The third kappa shape index (κ3) is 2.66. The molecule has 0 unspecified atom stereocenters. The predicted molar refractivity (Wildman–Crippen MR) is 84.7 cm³/mol. The Kier molecular flexibility index (Phi) is 4.02. The van der Waals surface area contributed by atoms with Gasteiger partial charge in [-0.05, 0) is 25.5 Å². The SMILES string of the molecule is CC[C@](C)(NC(=O)c1cccc2c1OCCO2)c1nccs1. The molecule has 0 spiro atoms. The van der Waals surface area contributed by atoms with E-state index in [4.69, 9.17) is 9.47 Å². The van der Waals surface area contributed by atoms with Crippen molar-refractivity contribution < 1.29 is 14.3 Å². The second kappa shape index (κ2) is 5.96. The van der Waals surface area contributed by atoms with Gasteiger partial charge in [0.1, 0.15) is 18.2 Å². The summed E-state index contributed by atoms with van der Waals surface area (Å²) in [5.74, 6) is 0.956. The first-order chi connectivity index (χ1) is 10.6. The number of nitrogens with one attached hydrogen (secondary N) is 1. The van der Waals surface area contributed by atoms with Gasteiger partial charge in [0.05, 0.1) is 11.1 Å². The maximum atomic E-state index is 12.7. The summed E-state index contributed by atoms with van der Waals surface area (Å²) < 4.78 is 11.1. The maximum absolute atomic E-state index is 12.7. The van der Waals surface area contributed by atoms with Gasteiger partial charge in [-0.15, -0.1) is 11.3 Å². The molecule has 1 aliphatic rings. The first kappa shape index (κ1) is 14.8. The lowest BCUT2D eigenvalue weighted by atomic mass is 9.99. The number of fused-ring (bicyclic) bond motifs is 1. The average molecular weight is 318 g/mol. The van der Waals surface area contributed by atoms with E-state index in [9.17, 15) is 4.79 Å². The highest BCUT2D eigenvalue weighted by molar-refractivity contribution is 7.09. The molecule has 1 N–H and O–H groups in total. The van der Waals surface area contributed by atoms with E-state index in [-0.39, 0.29) is 5.91 Å². The Labute approximate surface area is 133 Å². The summed E-state index contributed by atoms with van der Waals surface area (Å²) >= 11 is 1.54. The molecule has 0 aliphatic carbocycles. The van der Waals surface area contributed by atoms with Crippen LogP contribution in [0.4, 0.5) is 0 Å². The zero-order chi connectivity index (χ0) is 15.6. The van der Waals surface area contributed by atoms with Gasteiger partial charge in [0.2, 0.25) is 0 Å². The van der Waals surface area contributed by atoms with Gasteiger partial charge in [-0.1, -0.05) is 13.0 Å². The van der Waals surface area contributed by atoms with Crippen LogP contribution in [0, 0.1) is 0 Å². The maximum Gasteiger partial charge on any atom is 0.255 e. The minimum absolute atomic E-state index is 0.179. The molecule has 0 bridgehead atoms. The molecule has 1 aliphatic heterocycles. The van der Waals surface area contributed by atoms with Crippen LogP contribution in [-0.2, 0) is 5.54 Å². The normalized spacial score (nSPS) is 15.9. The zero-order valence-electron chi connectivity index (χ0n) is 12.6. The van der Waals surface area contributed by atoms with Crippen LogP contribution < -0.4 is 14.8 Å². The minimum Gasteiger partial charge on any atom is -0.486 e. The summed E-state index contributed by atoms with van der Waals surface area (Å²) in [6.45, 7) is 4.97. The number of ether oxygens (including phenoxy) is 2. The van der Waals surface area contributed by atoms with Crippen LogP contribution in [0.5, 0.6) is 11.5 Å². The lowest BCUT2D eigenvalue weighted by molar-refractivity contribution is 0.0891. The van der Waals surface area contributed by atoms with Crippen molar-refractivity contribution in [2.45, 2.75) is 25.8 Å². The van der Waals surface area contributed by atoms with E-state index in [1.165, 1.54) is 11.3 Å². The molecular formula is C16H18N2O3S. The zero-order valence-corrected chi connectivity index (χ0v) is 13.4. The lowest BCUT2D eigenvalue weighted by Crippen LogP contribution is -2.43. The summed E-state index contributed by atoms with van der Waals surface area (Å²) in [5, 5.41) is 5.89. The number of para-hydroxylation sites is 1. The van der Waals surface area contributed by atoms with Crippen LogP contribution in [0.2, 0.25) is 0 Å². The van der Waals surface area contributed by atoms with Crippen molar-refractivity contribution in [2.75, 3.05) is 13.2 Å². The number of hydrogen-bond donors (Lipinski definition) is 1. The van der Waals surface area contributed by atoms with Crippen LogP contribution >= 0.6 is 11.3 Å². The number of amides is 1. The molecule has 2 aromatic rings. The number of hydrogen-bond acceptors (Lipinski definition) is 5. The lowest BCUT2D eigenvalue weighted by Gasteiger charge is -2.28. The number of carbonyl (C=O) groups excluding carboxylic acids is 1. The van der Waals surface area contributed by atoms with Crippen molar-refractivity contribution in [3.63, 3.8) is 0 Å². The van der Waals surface area contributed by atoms with Gasteiger partial charge in [0.25, 0.3) is 5.91 Å². The second-order valence-corrected chi connectivity index (χ2v) is 6.20. The summed E-state index contributed by atoms with van der Waals surface area (Å²) in [7, 11) is 0. The van der Waals surface area contributed by atoms with Gasteiger partial charge in [-0.3, -0.25) is 4.79 Å². The van der Waals surface area contributed by atoms with Gasteiger partial charge in [-0.2, -0.15) is 0 Å².